The molecule has 114 valence electrons. The zero-order valence-corrected chi connectivity index (χ0v) is 12.3. The van der Waals surface area contributed by atoms with Crippen LogP contribution in [0.25, 0.3) is 0 Å². The quantitative estimate of drug-likeness (QED) is 0.887. The summed E-state index contributed by atoms with van der Waals surface area (Å²) in [6, 6.07) is 10.6. The van der Waals surface area contributed by atoms with E-state index < -0.39 is 0 Å². The van der Waals surface area contributed by atoms with Crippen molar-refractivity contribution in [1.82, 2.24) is 9.80 Å². The average Bonchev–Trinajstić information content (AvgIpc) is 2.92. The number of nitrogens with zero attached hydrogens (tertiary/aromatic N) is 2. The maximum atomic E-state index is 11.8. The van der Waals surface area contributed by atoms with Crippen LogP contribution < -0.4 is 0 Å². The third-order valence-corrected chi connectivity index (χ3v) is 4.78. The van der Waals surface area contributed by atoms with Gasteiger partial charge < -0.3 is 14.7 Å². The van der Waals surface area contributed by atoms with E-state index in [0.717, 1.165) is 13.1 Å². The molecule has 0 bridgehead atoms. The van der Waals surface area contributed by atoms with Gasteiger partial charge in [0.15, 0.2) is 0 Å². The van der Waals surface area contributed by atoms with Gasteiger partial charge in [-0.2, -0.15) is 0 Å². The molecular weight excluding hydrogens is 268 g/mol. The van der Waals surface area contributed by atoms with Crippen molar-refractivity contribution in [3.8, 4) is 0 Å². The fraction of sp³-hybridized carbons (Fsp3) is 0.562. The van der Waals surface area contributed by atoms with E-state index in [-0.39, 0.29) is 30.6 Å². The number of aliphatic hydroxyl groups excluding tert-OH is 1. The second-order valence-electron chi connectivity index (χ2n) is 5.86. The van der Waals surface area contributed by atoms with Crippen molar-refractivity contribution in [1.29, 1.82) is 0 Å². The first kappa shape index (κ1) is 14.4. The molecule has 3 atom stereocenters. The van der Waals surface area contributed by atoms with Crippen molar-refractivity contribution in [2.45, 2.75) is 12.0 Å². The molecule has 1 amide bonds. The van der Waals surface area contributed by atoms with Crippen molar-refractivity contribution >= 4 is 6.09 Å². The Morgan fingerprint density at radius 1 is 1.29 bits per heavy atom. The Morgan fingerprint density at radius 2 is 2.05 bits per heavy atom. The minimum atomic E-state index is -0.256. The first-order valence-corrected chi connectivity index (χ1v) is 7.47. The first-order chi connectivity index (χ1) is 10.2. The Labute approximate surface area is 125 Å². The molecule has 3 rings (SSSR count). The van der Waals surface area contributed by atoms with Crippen LogP contribution in [-0.4, -0.2) is 66.9 Å². The average molecular weight is 290 g/mol. The Bertz CT molecular complexity index is 494. The molecule has 5 heteroatoms. The molecule has 2 aliphatic rings. The van der Waals surface area contributed by atoms with Crippen LogP contribution in [0.15, 0.2) is 30.3 Å². The number of carbonyl (C=O) groups excluding carboxylic acids is 1. The van der Waals surface area contributed by atoms with E-state index in [1.807, 2.05) is 18.2 Å². The highest BCUT2D eigenvalue weighted by Crippen LogP contribution is 2.39. The van der Waals surface area contributed by atoms with Crippen LogP contribution >= 0.6 is 0 Å². The smallest absolute Gasteiger partial charge is 0.409 e. The first-order valence-electron chi connectivity index (χ1n) is 7.47. The fourth-order valence-corrected chi connectivity index (χ4v) is 3.78. The molecule has 0 spiro atoms. The van der Waals surface area contributed by atoms with Gasteiger partial charge in [-0.1, -0.05) is 30.3 Å². The van der Waals surface area contributed by atoms with Gasteiger partial charge in [-0.25, -0.2) is 4.79 Å². The maximum Gasteiger partial charge on any atom is 0.409 e. The van der Waals surface area contributed by atoms with Gasteiger partial charge in [-0.3, -0.25) is 4.90 Å². The minimum Gasteiger partial charge on any atom is -0.453 e. The van der Waals surface area contributed by atoms with Crippen molar-refractivity contribution in [3.63, 3.8) is 0 Å². The van der Waals surface area contributed by atoms with Gasteiger partial charge in [-0.05, 0) is 5.56 Å². The molecule has 2 aliphatic heterocycles. The molecule has 0 unspecified atom stereocenters. The van der Waals surface area contributed by atoms with Gasteiger partial charge in [0.1, 0.15) is 0 Å². The molecule has 1 N–H and O–H groups in total. The van der Waals surface area contributed by atoms with E-state index in [2.05, 4.69) is 17.0 Å². The zero-order valence-electron chi connectivity index (χ0n) is 12.3. The monoisotopic (exact) mass is 290 g/mol. The predicted molar refractivity (Wildman–Crippen MR) is 79.1 cm³/mol. The third kappa shape index (κ3) is 2.63. The summed E-state index contributed by atoms with van der Waals surface area (Å²) in [5.74, 6) is 0.499. The normalized spacial score (nSPS) is 29.2. The van der Waals surface area contributed by atoms with Crippen LogP contribution in [0.5, 0.6) is 0 Å². The summed E-state index contributed by atoms with van der Waals surface area (Å²) in [5, 5.41) is 9.73. The number of hydrogen-bond donors (Lipinski definition) is 1. The van der Waals surface area contributed by atoms with Gasteiger partial charge in [0.25, 0.3) is 0 Å². The summed E-state index contributed by atoms with van der Waals surface area (Å²) in [6.45, 7) is 3.30. The van der Waals surface area contributed by atoms with Crippen LogP contribution in [-0.2, 0) is 4.74 Å². The highest BCUT2D eigenvalue weighted by Gasteiger charge is 2.45. The molecule has 0 saturated carbocycles. The Morgan fingerprint density at radius 3 is 2.71 bits per heavy atom. The van der Waals surface area contributed by atoms with Crippen LogP contribution in [0, 0.1) is 5.92 Å². The van der Waals surface area contributed by atoms with E-state index in [1.165, 1.54) is 12.7 Å². The highest BCUT2D eigenvalue weighted by atomic mass is 16.5. The number of piperazine rings is 1. The van der Waals surface area contributed by atoms with Crippen molar-refractivity contribution in [3.05, 3.63) is 35.9 Å². The summed E-state index contributed by atoms with van der Waals surface area (Å²) in [6.07, 6.45) is -0.256. The van der Waals surface area contributed by atoms with E-state index in [1.54, 1.807) is 4.90 Å². The zero-order chi connectivity index (χ0) is 14.8. The van der Waals surface area contributed by atoms with Crippen LogP contribution in [0.1, 0.15) is 11.5 Å². The molecule has 1 aromatic rings. The number of methoxy groups -OCH3 is 1. The molecule has 0 aromatic heterocycles. The lowest BCUT2D eigenvalue weighted by Gasteiger charge is -2.38. The van der Waals surface area contributed by atoms with Gasteiger partial charge in [0, 0.05) is 50.7 Å². The predicted octanol–water partition coefficient (Wildman–Crippen LogP) is 1.14. The summed E-state index contributed by atoms with van der Waals surface area (Å²) in [7, 11) is 1.43. The summed E-state index contributed by atoms with van der Waals surface area (Å²) >= 11 is 0. The van der Waals surface area contributed by atoms with Gasteiger partial charge >= 0.3 is 6.09 Å². The standard InChI is InChI=1S/C16H22N2O3/c1-21-16(20)18-8-7-17-9-13(11-19)15(14(17)10-18)12-5-3-2-4-6-12/h2-6,13-15,19H,7-11H2,1H3/t13-,14-,15-/m1/s1. The number of aliphatic hydroxyl groups is 1. The van der Waals surface area contributed by atoms with Crippen LogP contribution in [0.2, 0.25) is 0 Å². The number of ether oxygens (including phenoxy) is 1. The Kier molecular flexibility index (Phi) is 4.12. The van der Waals surface area contributed by atoms with Crippen molar-refractivity contribution in [2.24, 2.45) is 5.92 Å². The third-order valence-electron chi connectivity index (χ3n) is 4.78. The largest absolute Gasteiger partial charge is 0.453 e. The minimum absolute atomic E-state index is 0.185. The number of hydrogen-bond acceptors (Lipinski definition) is 4. The number of fused-ring (bicyclic) bond motifs is 1. The summed E-state index contributed by atoms with van der Waals surface area (Å²) in [4.78, 5) is 16.0. The SMILES string of the molecule is COC(=O)N1CCN2C[C@H](CO)[C@@H](c3ccccc3)[C@H]2C1. The number of rotatable bonds is 2. The topological polar surface area (TPSA) is 53.0 Å². The van der Waals surface area contributed by atoms with Gasteiger partial charge in [0.2, 0.25) is 0 Å². The summed E-state index contributed by atoms with van der Waals surface area (Å²) in [5.41, 5.74) is 1.25. The molecule has 21 heavy (non-hydrogen) atoms. The Hall–Kier alpha value is -1.59. The molecular formula is C16H22N2O3. The van der Waals surface area contributed by atoms with Crippen LogP contribution in [0.4, 0.5) is 4.79 Å². The Balaban J connectivity index is 1.84. The van der Waals surface area contributed by atoms with Gasteiger partial charge in [-0.15, -0.1) is 0 Å². The lowest BCUT2D eigenvalue weighted by atomic mass is 9.84. The second-order valence-corrected chi connectivity index (χ2v) is 5.86. The summed E-state index contributed by atoms with van der Waals surface area (Å²) < 4.78 is 4.85. The van der Waals surface area contributed by atoms with E-state index in [9.17, 15) is 9.90 Å². The molecule has 0 aliphatic carbocycles. The van der Waals surface area contributed by atoms with E-state index >= 15 is 0 Å². The number of benzene rings is 1. The van der Waals surface area contributed by atoms with Crippen LogP contribution in [0.3, 0.4) is 0 Å². The lowest BCUT2D eigenvalue weighted by molar-refractivity contribution is 0.0737. The molecule has 2 saturated heterocycles. The van der Waals surface area contributed by atoms with E-state index in [4.69, 9.17) is 4.74 Å². The maximum absolute atomic E-state index is 11.8. The highest BCUT2D eigenvalue weighted by molar-refractivity contribution is 5.67. The molecule has 2 fully saturated rings. The number of amides is 1. The van der Waals surface area contributed by atoms with E-state index in [0.29, 0.717) is 13.1 Å². The molecule has 0 radical (unpaired) electrons. The van der Waals surface area contributed by atoms with Crippen molar-refractivity contribution < 1.29 is 14.6 Å². The molecule has 1 aromatic carbocycles. The fourth-order valence-electron chi connectivity index (χ4n) is 3.78. The second kappa shape index (κ2) is 6.03. The molecule has 5 nitrogen and oxygen atoms in total. The number of carbonyl (C=O) groups is 1. The molecule has 2 heterocycles. The van der Waals surface area contributed by atoms with Gasteiger partial charge in [0.05, 0.1) is 7.11 Å². The van der Waals surface area contributed by atoms with Crippen molar-refractivity contribution in [2.75, 3.05) is 39.9 Å². The lowest BCUT2D eigenvalue weighted by Crippen LogP contribution is -2.53.